The predicted molar refractivity (Wildman–Crippen MR) is 125 cm³/mol. The van der Waals surface area contributed by atoms with Gasteiger partial charge in [0.2, 0.25) is 5.88 Å². The first kappa shape index (κ1) is 23.5. The summed E-state index contributed by atoms with van der Waals surface area (Å²) in [6.45, 7) is 11.0. The van der Waals surface area contributed by atoms with Crippen molar-refractivity contribution in [2.45, 2.75) is 54.2 Å². The Bertz CT molecular complexity index is 1130. The van der Waals surface area contributed by atoms with Crippen LogP contribution in [0.15, 0.2) is 30.5 Å². The lowest BCUT2D eigenvalue weighted by Crippen LogP contribution is -2.18. The monoisotopic (exact) mass is 436 g/mol. The molecule has 32 heavy (non-hydrogen) atoms. The molecular weight excluding hydrogens is 404 g/mol. The van der Waals surface area contributed by atoms with E-state index in [1.54, 1.807) is 7.05 Å². The summed E-state index contributed by atoms with van der Waals surface area (Å²) in [5.41, 5.74) is 13.2. The van der Waals surface area contributed by atoms with Crippen LogP contribution in [-0.2, 0) is 26.6 Å². The summed E-state index contributed by atoms with van der Waals surface area (Å²) in [5, 5.41) is 13.6. The Labute approximate surface area is 189 Å². The topological polar surface area (TPSA) is 103 Å². The quantitative estimate of drug-likeness (QED) is 0.568. The molecule has 2 heterocycles. The van der Waals surface area contributed by atoms with Crippen molar-refractivity contribution >= 4 is 5.97 Å². The molecule has 0 atom stereocenters. The highest BCUT2D eigenvalue weighted by Gasteiger charge is 2.23. The summed E-state index contributed by atoms with van der Waals surface area (Å²) in [6.07, 6.45) is 2.23. The number of carboxylic acid groups (broad SMARTS) is 1. The first-order valence-corrected chi connectivity index (χ1v) is 10.7. The van der Waals surface area contributed by atoms with Gasteiger partial charge < -0.3 is 15.6 Å². The van der Waals surface area contributed by atoms with Crippen molar-refractivity contribution in [2.75, 3.05) is 0 Å². The van der Waals surface area contributed by atoms with Crippen LogP contribution in [0.4, 0.5) is 0 Å². The minimum Gasteiger partial charge on any atom is -0.477 e. The zero-order valence-corrected chi connectivity index (χ0v) is 19.7. The van der Waals surface area contributed by atoms with Gasteiger partial charge in [-0.3, -0.25) is 9.67 Å². The molecule has 7 nitrogen and oxygen atoms in total. The third-order valence-electron chi connectivity index (χ3n) is 5.31. The van der Waals surface area contributed by atoms with Crippen molar-refractivity contribution in [1.82, 2.24) is 14.8 Å². The van der Waals surface area contributed by atoms with E-state index in [4.69, 9.17) is 15.5 Å². The third kappa shape index (κ3) is 5.16. The lowest BCUT2D eigenvalue weighted by atomic mass is 9.85. The van der Waals surface area contributed by atoms with Crippen LogP contribution < -0.4 is 10.5 Å². The number of hydrogen-bond donors (Lipinski definition) is 2. The van der Waals surface area contributed by atoms with Crippen molar-refractivity contribution in [3.8, 4) is 17.0 Å². The average molecular weight is 437 g/mol. The van der Waals surface area contributed by atoms with Gasteiger partial charge in [0.05, 0.1) is 0 Å². The van der Waals surface area contributed by atoms with E-state index in [9.17, 15) is 9.90 Å². The zero-order valence-electron chi connectivity index (χ0n) is 19.7. The van der Waals surface area contributed by atoms with Crippen LogP contribution in [0.5, 0.6) is 5.88 Å². The maximum absolute atomic E-state index is 11.5. The Balaban J connectivity index is 2.14. The maximum atomic E-state index is 11.5. The van der Waals surface area contributed by atoms with Crippen LogP contribution in [0.25, 0.3) is 11.1 Å². The van der Waals surface area contributed by atoms with E-state index in [2.05, 4.69) is 57.1 Å². The minimum atomic E-state index is -1.08. The van der Waals surface area contributed by atoms with Crippen LogP contribution in [0, 0.1) is 19.3 Å². The summed E-state index contributed by atoms with van der Waals surface area (Å²) in [5.74, 6) is -0.993. The van der Waals surface area contributed by atoms with E-state index in [1.165, 1.54) is 16.4 Å². The van der Waals surface area contributed by atoms with Crippen molar-refractivity contribution in [3.05, 3.63) is 64.1 Å². The molecule has 0 fully saturated rings. The Kier molecular flexibility index (Phi) is 6.69. The molecule has 170 valence electrons. The molecule has 0 aliphatic rings. The molecule has 3 rings (SSSR count). The number of benzene rings is 1. The Morgan fingerprint density at radius 1 is 1.16 bits per heavy atom. The number of nitrogens with two attached hydrogens (primary N) is 1. The number of nitrogens with zero attached hydrogens (tertiary/aromatic N) is 3. The SMILES string of the molecule is Cc1ccc(-c2c(COc3nn(C)cc3C(=O)O)c(C)nc(CC(C)(C)C)c2CN)cc1. The van der Waals surface area contributed by atoms with Crippen molar-refractivity contribution < 1.29 is 14.6 Å². The molecule has 0 spiro atoms. The summed E-state index contributed by atoms with van der Waals surface area (Å²) in [4.78, 5) is 16.5. The minimum absolute atomic E-state index is 0.0263. The molecule has 1 aromatic carbocycles. The predicted octanol–water partition coefficient (Wildman–Crippen LogP) is 4.42. The van der Waals surface area contributed by atoms with Gasteiger partial charge in [-0.05, 0) is 42.4 Å². The lowest BCUT2D eigenvalue weighted by molar-refractivity contribution is 0.0691. The molecule has 0 bridgehead atoms. The highest BCUT2D eigenvalue weighted by atomic mass is 16.5. The molecular formula is C25H32N4O3. The molecule has 0 unspecified atom stereocenters. The maximum Gasteiger partial charge on any atom is 0.342 e. The van der Waals surface area contributed by atoms with Crippen molar-refractivity contribution in [3.63, 3.8) is 0 Å². The molecule has 7 heteroatoms. The highest BCUT2D eigenvalue weighted by molar-refractivity contribution is 5.89. The first-order valence-electron chi connectivity index (χ1n) is 10.7. The average Bonchev–Trinajstić information content (AvgIpc) is 3.07. The van der Waals surface area contributed by atoms with E-state index in [1.807, 2.05) is 6.92 Å². The molecule has 0 radical (unpaired) electrons. The Morgan fingerprint density at radius 2 is 1.81 bits per heavy atom. The second kappa shape index (κ2) is 9.12. The molecule has 0 amide bonds. The number of hydrogen-bond acceptors (Lipinski definition) is 5. The van der Waals surface area contributed by atoms with E-state index in [0.29, 0.717) is 6.54 Å². The van der Waals surface area contributed by atoms with Gasteiger partial charge in [0.1, 0.15) is 12.2 Å². The van der Waals surface area contributed by atoms with Crippen LogP contribution in [0.1, 0.15) is 59.2 Å². The summed E-state index contributed by atoms with van der Waals surface area (Å²) < 4.78 is 7.35. The summed E-state index contributed by atoms with van der Waals surface area (Å²) in [7, 11) is 1.66. The van der Waals surface area contributed by atoms with Gasteiger partial charge in [0, 0.05) is 36.7 Å². The fourth-order valence-corrected chi connectivity index (χ4v) is 3.82. The second-order valence-corrected chi connectivity index (χ2v) is 9.40. The van der Waals surface area contributed by atoms with Gasteiger partial charge >= 0.3 is 5.97 Å². The van der Waals surface area contributed by atoms with Gasteiger partial charge in [-0.15, -0.1) is 5.10 Å². The van der Waals surface area contributed by atoms with Crippen LogP contribution in [-0.4, -0.2) is 25.8 Å². The third-order valence-corrected chi connectivity index (χ3v) is 5.31. The van der Waals surface area contributed by atoms with Gasteiger partial charge in [0.15, 0.2) is 0 Å². The molecule has 0 saturated heterocycles. The summed E-state index contributed by atoms with van der Waals surface area (Å²) in [6, 6.07) is 8.30. The first-order chi connectivity index (χ1) is 15.0. The fraction of sp³-hybridized carbons (Fsp3) is 0.400. The van der Waals surface area contributed by atoms with Gasteiger partial charge in [-0.1, -0.05) is 50.6 Å². The number of ether oxygens (including phenoxy) is 1. The van der Waals surface area contributed by atoms with Crippen LogP contribution in [0.2, 0.25) is 0 Å². The molecule has 3 N–H and O–H groups in total. The molecule has 0 aliphatic heterocycles. The van der Waals surface area contributed by atoms with E-state index >= 15 is 0 Å². The normalized spacial score (nSPS) is 11.6. The molecule has 2 aromatic heterocycles. The van der Waals surface area contributed by atoms with Crippen LogP contribution >= 0.6 is 0 Å². The summed E-state index contributed by atoms with van der Waals surface area (Å²) >= 11 is 0. The highest BCUT2D eigenvalue weighted by Crippen LogP contribution is 2.34. The largest absolute Gasteiger partial charge is 0.477 e. The number of carboxylic acids is 1. The number of aromatic nitrogens is 3. The fourth-order valence-electron chi connectivity index (χ4n) is 3.82. The number of pyridine rings is 1. The second-order valence-electron chi connectivity index (χ2n) is 9.40. The Morgan fingerprint density at radius 3 is 2.38 bits per heavy atom. The molecule has 3 aromatic rings. The van der Waals surface area contributed by atoms with E-state index in [0.717, 1.165) is 40.1 Å². The van der Waals surface area contributed by atoms with Gasteiger partial charge in [-0.2, -0.15) is 0 Å². The Hall–Kier alpha value is -3.19. The number of rotatable bonds is 7. The number of carbonyl (C=O) groups is 1. The molecule has 0 aliphatic carbocycles. The smallest absolute Gasteiger partial charge is 0.342 e. The zero-order chi connectivity index (χ0) is 23.6. The van der Waals surface area contributed by atoms with E-state index in [-0.39, 0.29) is 23.5 Å². The van der Waals surface area contributed by atoms with E-state index < -0.39 is 5.97 Å². The van der Waals surface area contributed by atoms with Crippen molar-refractivity contribution in [1.29, 1.82) is 0 Å². The number of aromatic carboxylic acids is 1. The van der Waals surface area contributed by atoms with Gasteiger partial charge in [-0.25, -0.2) is 4.79 Å². The molecule has 0 saturated carbocycles. The van der Waals surface area contributed by atoms with Crippen molar-refractivity contribution in [2.24, 2.45) is 18.2 Å². The van der Waals surface area contributed by atoms with Gasteiger partial charge in [0.25, 0.3) is 0 Å². The number of aryl methyl sites for hydroxylation is 3. The standard InChI is InChI=1S/C25H32N4O3/c1-15-7-9-17(10-8-15)22-18(12-26)21(11-25(3,4)5)27-16(2)20(22)14-32-23-19(24(30)31)13-29(6)28-23/h7-10,13H,11-12,14,26H2,1-6H3,(H,30,31). The lowest BCUT2D eigenvalue weighted by Gasteiger charge is -2.24. The van der Waals surface area contributed by atoms with Crippen LogP contribution in [0.3, 0.4) is 0 Å².